The molecule has 1 atom stereocenters. The van der Waals surface area contributed by atoms with E-state index in [1.54, 1.807) is 6.20 Å². The van der Waals surface area contributed by atoms with Crippen LogP contribution >= 0.6 is 12.4 Å². The Hall–Kier alpha value is -3.43. The largest absolute Gasteiger partial charge is 0.338 e. The monoisotopic (exact) mass is 414 g/mol. The maximum Gasteiger partial charge on any atom is 0.189 e. The zero-order valence-corrected chi connectivity index (χ0v) is 17.3. The quantitative estimate of drug-likeness (QED) is 0.341. The number of carbonyl (C=O) groups excluding carboxylic acids is 1. The maximum atomic E-state index is 13.7. The third kappa shape index (κ3) is 4.94. The summed E-state index contributed by atoms with van der Waals surface area (Å²) in [6, 6.07) is 34.9. The van der Waals surface area contributed by atoms with Gasteiger partial charge in [0.25, 0.3) is 0 Å². The van der Waals surface area contributed by atoms with Crippen LogP contribution in [0.15, 0.2) is 115 Å². The lowest BCUT2D eigenvalue weighted by Gasteiger charge is -2.32. The van der Waals surface area contributed by atoms with Crippen LogP contribution in [-0.4, -0.2) is 10.8 Å². The van der Waals surface area contributed by atoms with Crippen LogP contribution in [0.2, 0.25) is 0 Å². The molecule has 0 aliphatic carbocycles. The van der Waals surface area contributed by atoms with Gasteiger partial charge < -0.3 is 4.90 Å². The Morgan fingerprint density at radius 1 is 0.733 bits per heavy atom. The molecular formula is C26H23ClN2O. The number of ketones is 1. The van der Waals surface area contributed by atoms with E-state index in [1.807, 2.05) is 97.1 Å². The fraction of sp³-hybridized carbons (Fsp3) is 0.0769. The lowest BCUT2D eigenvalue weighted by atomic mass is 9.95. The number of hydrogen-bond donors (Lipinski definition) is 0. The van der Waals surface area contributed by atoms with Crippen molar-refractivity contribution in [1.29, 1.82) is 0 Å². The number of anilines is 1. The molecule has 0 radical (unpaired) electrons. The average Bonchev–Trinajstić information content (AvgIpc) is 2.81. The molecule has 0 N–H and O–H groups in total. The third-order valence-electron chi connectivity index (χ3n) is 4.87. The molecule has 3 nitrogen and oxygen atoms in total. The molecule has 0 bridgehead atoms. The van der Waals surface area contributed by atoms with Crippen molar-refractivity contribution in [1.82, 2.24) is 4.98 Å². The van der Waals surface area contributed by atoms with Crippen LogP contribution in [0.25, 0.3) is 0 Å². The van der Waals surface area contributed by atoms with Gasteiger partial charge in [-0.25, -0.2) is 4.98 Å². The summed E-state index contributed by atoms with van der Waals surface area (Å²) < 4.78 is 0. The first-order valence-electron chi connectivity index (χ1n) is 9.69. The van der Waals surface area contributed by atoms with E-state index in [-0.39, 0.29) is 18.2 Å². The number of nitrogens with zero attached hydrogens (tertiary/aromatic N) is 2. The highest BCUT2D eigenvalue weighted by Crippen LogP contribution is 2.31. The Morgan fingerprint density at radius 2 is 1.30 bits per heavy atom. The number of carbonyl (C=O) groups is 1. The number of hydrogen-bond acceptors (Lipinski definition) is 3. The summed E-state index contributed by atoms with van der Waals surface area (Å²) in [5.74, 6) is 0.827. The number of rotatable bonds is 7. The predicted molar refractivity (Wildman–Crippen MR) is 124 cm³/mol. The van der Waals surface area contributed by atoms with E-state index in [0.29, 0.717) is 12.1 Å². The molecule has 30 heavy (non-hydrogen) atoms. The van der Waals surface area contributed by atoms with Crippen LogP contribution in [0.1, 0.15) is 27.5 Å². The Bertz CT molecular complexity index is 1040. The highest BCUT2D eigenvalue weighted by atomic mass is 35.5. The van der Waals surface area contributed by atoms with Crippen LogP contribution in [0, 0.1) is 0 Å². The van der Waals surface area contributed by atoms with Crippen molar-refractivity contribution in [2.24, 2.45) is 0 Å². The van der Waals surface area contributed by atoms with E-state index in [0.717, 1.165) is 16.9 Å². The Balaban J connectivity index is 0.00000256. The fourth-order valence-electron chi connectivity index (χ4n) is 3.48. The van der Waals surface area contributed by atoms with Gasteiger partial charge in [0, 0.05) is 18.3 Å². The minimum atomic E-state index is -0.478. The van der Waals surface area contributed by atoms with Gasteiger partial charge in [-0.05, 0) is 23.3 Å². The molecule has 0 spiro atoms. The Labute approximate surface area is 183 Å². The maximum absolute atomic E-state index is 13.7. The van der Waals surface area contributed by atoms with E-state index in [2.05, 4.69) is 22.0 Å². The van der Waals surface area contributed by atoms with Gasteiger partial charge in [-0.15, -0.1) is 12.4 Å². The van der Waals surface area contributed by atoms with Gasteiger partial charge in [0.2, 0.25) is 0 Å². The number of benzene rings is 3. The summed E-state index contributed by atoms with van der Waals surface area (Å²) in [6.07, 6.45) is 1.77. The van der Waals surface area contributed by atoms with Gasteiger partial charge in [0.15, 0.2) is 5.78 Å². The molecule has 1 unspecified atom stereocenters. The van der Waals surface area contributed by atoms with Crippen LogP contribution in [0.5, 0.6) is 0 Å². The first-order chi connectivity index (χ1) is 14.3. The first kappa shape index (κ1) is 21.3. The van der Waals surface area contributed by atoms with Gasteiger partial charge >= 0.3 is 0 Å². The minimum Gasteiger partial charge on any atom is -0.338 e. The van der Waals surface area contributed by atoms with Crippen molar-refractivity contribution in [2.45, 2.75) is 12.6 Å². The van der Waals surface area contributed by atoms with Gasteiger partial charge in [-0.2, -0.15) is 0 Å². The molecule has 0 fully saturated rings. The van der Waals surface area contributed by atoms with Crippen molar-refractivity contribution in [3.8, 4) is 0 Å². The van der Waals surface area contributed by atoms with Crippen molar-refractivity contribution >= 4 is 24.0 Å². The number of halogens is 1. The number of aromatic nitrogens is 1. The molecule has 0 saturated carbocycles. The smallest absolute Gasteiger partial charge is 0.189 e. The van der Waals surface area contributed by atoms with Gasteiger partial charge in [-0.3, -0.25) is 4.79 Å². The van der Waals surface area contributed by atoms with E-state index in [9.17, 15) is 4.79 Å². The second-order valence-corrected chi connectivity index (χ2v) is 6.84. The van der Waals surface area contributed by atoms with Crippen molar-refractivity contribution < 1.29 is 4.79 Å². The molecule has 0 aliphatic heterocycles. The van der Waals surface area contributed by atoms with Crippen molar-refractivity contribution in [3.05, 3.63) is 132 Å². The first-order valence-corrected chi connectivity index (χ1v) is 9.69. The van der Waals surface area contributed by atoms with E-state index < -0.39 is 6.04 Å². The molecule has 0 saturated heterocycles. The molecule has 1 aromatic heterocycles. The lowest BCUT2D eigenvalue weighted by molar-refractivity contribution is 0.0956. The molecule has 1 heterocycles. The SMILES string of the molecule is Cl.O=C(c1ccccc1)C(c1ccccc1)N(Cc1ccccc1)c1ccccn1. The van der Waals surface area contributed by atoms with Gasteiger partial charge in [-0.1, -0.05) is 97.1 Å². The van der Waals surface area contributed by atoms with Crippen LogP contribution in [0.4, 0.5) is 5.82 Å². The second kappa shape index (κ2) is 10.4. The molecule has 4 rings (SSSR count). The fourth-order valence-corrected chi connectivity index (χ4v) is 3.48. The molecular weight excluding hydrogens is 392 g/mol. The molecule has 3 aromatic carbocycles. The van der Waals surface area contributed by atoms with Crippen LogP contribution in [0.3, 0.4) is 0 Å². The van der Waals surface area contributed by atoms with Crippen LogP contribution in [-0.2, 0) is 6.54 Å². The zero-order chi connectivity index (χ0) is 19.9. The third-order valence-corrected chi connectivity index (χ3v) is 4.87. The molecule has 0 aliphatic rings. The summed E-state index contributed by atoms with van der Waals surface area (Å²) in [6.45, 7) is 0.579. The minimum absolute atomic E-state index is 0. The standard InChI is InChI=1S/C26H22N2O.ClH/c29-26(23-16-8-3-9-17-23)25(22-14-6-2-7-15-22)28(24-18-10-11-19-27-24)20-21-12-4-1-5-13-21;/h1-19,25H,20H2;1H. The average molecular weight is 415 g/mol. The summed E-state index contributed by atoms with van der Waals surface area (Å²) >= 11 is 0. The summed E-state index contributed by atoms with van der Waals surface area (Å²) in [5.41, 5.74) is 2.76. The van der Waals surface area contributed by atoms with E-state index in [4.69, 9.17) is 0 Å². The van der Waals surface area contributed by atoms with Gasteiger partial charge in [0.05, 0.1) is 0 Å². The predicted octanol–water partition coefficient (Wildman–Crippen LogP) is 6.13. The Morgan fingerprint density at radius 3 is 1.90 bits per heavy atom. The normalized spacial score (nSPS) is 11.2. The van der Waals surface area contributed by atoms with Crippen LogP contribution < -0.4 is 4.90 Å². The highest BCUT2D eigenvalue weighted by molar-refractivity contribution is 6.02. The van der Waals surface area contributed by atoms with Crippen molar-refractivity contribution in [3.63, 3.8) is 0 Å². The Kier molecular flexibility index (Phi) is 7.36. The molecule has 4 heteroatoms. The second-order valence-electron chi connectivity index (χ2n) is 6.84. The topological polar surface area (TPSA) is 33.2 Å². The summed E-state index contributed by atoms with van der Waals surface area (Å²) in [5, 5.41) is 0. The highest BCUT2D eigenvalue weighted by Gasteiger charge is 2.29. The van der Waals surface area contributed by atoms with Crippen molar-refractivity contribution in [2.75, 3.05) is 4.90 Å². The lowest BCUT2D eigenvalue weighted by Crippen LogP contribution is -2.34. The molecule has 0 amide bonds. The molecule has 4 aromatic rings. The summed E-state index contributed by atoms with van der Waals surface area (Å²) in [7, 11) is 0. The number of pyridine rings is 1. The molecule has 150 valence electrons. The van der Waals surface area contributed by atoms with E-state index >= 15 is 0 Å². The van der Waals surface area contributed by atoms with Gasteiger partial charge in [0.1, 0.15) is 11.9 Å². The summed E-state index contributed by atoms with van der Waals surface area (Å²) in [4.78, 5) is 20.3. The zero-order valence-electron chi connectivity index (χ0n) is 16.5. The van der Waals surface area contributed by atoms with E-state index in [1.165, 1.54) is 0 Å². The number of Topliss-reactive ketones (excluding diaryl/α,β-unsaturated/α-hetero) is 1.